The van der Waals surface area contributed by atoms with Crippen LogP contribution in [0.15, 0.2) is 22.8 Å². The molecule has 1 fully saturated rings. The standard InChI is InChI=1S/C18H26N4O2/c1-13-14(2)20-22(15(13)3)12-18(23)19-9-16-6-7-21(10-16)11-17-5-4-8-24-17/h4-5,8,16H,6-7,9-12H2,1-3H3,(H,19,23)/t16-/m1/s1. The van der Waals surface area contributed by atoms with Crippen LogP contribution in [0.5, 0.6) is 0 Å². The lowest BCUT2D eigenvalue weighted by atomic mass is 10.1. The highest BCUT2D eigenvalue weighted by molar-refractivity contribution is 5.75. The number of nitrogens with one attached hydrogen (secondary N) is 1. The monoisotopic (exact) mass is 330 g/mol. The molecule has 6 heteroatoms. The zero-order chi connectivity index (χ0) is 17.1. The molecule has 1 aliphatic heterocycles. The minimum Gasteiger partial charge on any atom is -0.468 e. The third-order valence-corrected chi connectivity index (χ3v) is 4.95. The van der Waals surface area contributed by atoms with Crippen LogP contribution < -0.4 is 5.32 Å². The van der Waals surface area contributed by atoms with Crippen molar-refractivity contribution in [3.05, 3.63) is 41.1 Å². The first-order chi connectivity index (χ1) is 11.5. The van der Waals surface area contributed by atoms with Gasteiger partial charge in [0.1, 0.15) is 12.3 Å². The number of rotatable bonds is 6. The zero-order valence-corrected chi connectivity index (χ0v) is 14.7. The molecule has 1 aliphatic rings. The Kier molecular flexibility index (Phi) is 5.04. The number of hydrogen-bond acceptors (Lipinski definition) is 4. The Morgan fingerprint density at radius 2 is 2.25 bits per heavy atom. The number of hydrogen-bond donors (Lipinski definition) is 1. The molecule has 1 amide bonds. The van der Waals surface area contributed by atoms with E-state index >= 15 is 0 Å². The van der Waals surface area contributed by atoms with E-state index in [1.54, 1.807) is 10.9 Å². The van der Waals surface area contributed by atoms with Crippen molar-refractivity contribution in [3.63, 3.8) is 0 Å². The summed E-state index contributed by atoms with van der Waals surface area (Å²) < 4.78 is 7.19. The summed E-state index contributed by atoms with van der Waals surface area (Å²) in [7, 11) is 0. The van der Waals surface area contributed by atoms with Crippen LogP contribution >= 0.6 is 0 Å². The smallest absolute Gasteiger partial charge is 0.241 e. The maximum atomic E-state index is 12.2. The number of likely N-dealkylation sites (tertiary alicyclic amines) is 1. The fraction of sp³-hybridized carbons (Fsp3) is 0.556. The van der Waals surface area contributed by atoms with Gasteiger partial charge in [-0.15, -0.1) is 0 Å². The SMILES string of the molecule is Cc1nn(CC(=O)NC[C@H]2CCN(Cc3ccco3)C2)c(C)c1C. The quantitative estimate of drug-likeness (QED) is 0.880. The Bertz CT molecular complexity index is 690. The lowest BCUT2D eigenvalue weighted by Gasteiger charge is -2.15. The fourth-order valence-electron chi connectivity index (χ4n) is 3.24. The molecular formula is C18H26N4O2. The lowest BCUT2D eigenvalue weighted by Crippen LogP contribution is -2.33. The molecule has 0 bridgehead atoms. The van der Waals surface area contributed by atoms with Crippen LogP contribution in [0.2, 0.25) is 0 Å². The number of aryl methyl sites for hydroxylation is 1. The highest BCUT2D eigenvalue weighted by atomic mass is 16.3. The maximum absolute atomic E-state index is 12.2. The molecule has 0 spiro atoms. The number of aromatic nitrogens is 2. The van der Waals surface area contributed by atoms with Crippen molar-refractivity contribution in [2.24, 2.45) is 5.92 Å². The van der Waals surface area contributed by atoms with Gasteiger partial charge in [-0.25, -0.2) is 0 Å². The van der Waals surface area contributed by atoms with E-state index in [9.17, 15) is 4.79 Å². The molecule has 1 N–H and O–H groups in total. The van der Waals surface area contributed by atoms with Crippen LogP contribution in [-0.2, 0) is 17.9 Å². The third-order valence-electron chi connectivity index (χ3n) is 4.95. The maximum Gasteiger partial charge on any atom is 0.241 e. The summed E-state index contributed by atoms with van der Waals surface area (Å²) in [6, 6.07) is 3.93. The molecule has 1 atom stereocenters. The van der Waals surface area contributed by atoms with E-state index in [2.05, 4.69) is 15.3 Å². The summed E-state index contributed by atoms with van der Waals surface area (Å²) in [5.74, 6) is 1.54. The minimum atomic E-state index is 0.0325. The molecule has 1 saturated heterocycles. The van der Waals surface area contributed by atoms with E-state index in [1.807, 2.05) is 32.9 Å². The van der Waals surface area contributed by atoms with Crippen molar-refractivity contribution in [3.8, 4) is 0 Å². The Labute approximate surface area is 142 Å². The molecule has 0 saturated carbocycles. The van der Waals surface area contributed by atoms with Crippen molar-refractivity contribution in [1.82, 2.24) is 20.0 Å². The Hall–Kier alpha value is -2.08. The van der Waals surface area contributed by atoms with Gasteiger partial charge in [0, 0.05) is 18.8 Å². The predicted octanol–water partition coefficient (Wildman–Crippen LogP) is 2.04. The molecule has 24 heavy (non-hydrogen) atoms. The van der Waals surface area contributed by atoms with Gasteiger partial charge in [-0.3, -0.25) is 14.4 Å². The lowest BCUT2D eigenvalue weighted by molar-refractivity contribution is -0.122. The van der Waals surface area contributed by atoms with Crippen LogP contribution in [0.1, 0.15) is 29.1 Å². The first-order valence-electron chi connectivity index (χ1n) is 8.55. The second kappa shape index (κ2) is 7.21. The molecule has 0 aliphatic carbocycles. The predicted molar refractivity (Wildman–Crippen MR) is 91.5 cm³/mol. The van der Waals surface area contributed by atoms with Crippen molar-refractivity contribution < 1.29 is 9.21 Å². The summed E-state index contributed by atoms with van der Waals surface area (Å²) in [6.07, 6.45) is 2.82. The van der Waals surface area contributed by atoms with Crippen molar-refractivity contribution >= 4 is 5.91 Å². The van der Waals surface area contributed by atoms with E-state index in [0.29, 0.717) is 12.5 Å². The van der Waals surface area contributed by atoms with Gasteiger partial charge in [-0.1, -0.05) is 0 Å². The Balaban J connectivity index is 1.42. The van der Waals surface area contributed by atoms with Gasteiger partial charge in [0.05, 0.1) is 18.5 Å². The van der Waals surface area contributed by atoms with E-state index in [4.69, 9.17) is 4.42 Å². The van der Waals surface area contributed by atoms with Crippen LogP contribution in [0.25, 0.3) is 0 Å². The largest absolute Gasteiger partial charge is 0.468 e. The average molecular weight is 330 g/mol. The second-order valence-corrected chi connectivity index (χ2v) is 6.73. The molecule has 3 rings (SSSR count). The molecule has 6 nitrogen and oxygen atoms in total. The second-order valence-electron chi connectivity index (χ2n) is 6.73. The van der Waals surface area contributed by atoms with Crippen LogP contribution in [-0.4, -0.2) is 40.2 Å². The number of carbonyl (C=O) groups excluding carboxylic acids is 1. The first kappa shape index (κ1) is 16.8. The summed E-state index contributed by atoms with van der Waals surface area (Å²) in [5, 5.41) is 7.48. The normalized spacial score (nSPS) is 18.2. The fourth-order valence-corrected chi connectivity index (χ4v) is 3.24. The molecule has 0 unspecified atom stereocenters. The van der Waals surface area contributed by atoms with Crippen molar-refractivity contribution in [2.45, 2.75) is 40.3 Å². The first-order valence-corrected chi connectivity index (χ1v) is 8.55. The van der Waals surface area contributed by atoms with E-state index in [0.717, 1.165) is 55.3 Å². The highest BCUT2D eigenvalue weighted by Gasteiger charge is 2.23. The Morgan fingerprint density at radius 1 is 1.42 bits per heavy atom. The molecule has 3 heterocycles. The van der Waals surface area contributed by atoms with Gasteiger partial charge in [-0.05, 0) is 57.4 Å². The van der Waals surface area contributed by atoms with E-state index in [1.165, 1.54) is 0 Å². The van der Waals surface area contributed by atoms with Crippen molar-refractivity contribution in [2.75, 3.05) is 19.6 Å². The van der Waals surface area contributed by atoms with Gasteiger partial charge in [0.15, 0.2) is 0 Å². The topological polar surface area (TPSA) is 63.3 Å². The summed E-state index contributed by atoms with van der Waals surface area (Å²) in [4.78, 5) is 14.6. The molecule has 130 valence electrons. The van der Waals surface area contributed by atoms with Crippen LogP contribution in [0, 0.1) is 26.7 Å². The molecule has 2 aromatic heterocycles. The van der Waals surface area contributed by atoms with Gasteiger partial charge in [-0.2, -0.15) is 5.10 Å². The highest BCUT2D eigenvalue weighted by Crippen LogP contribution is 2.18. The van der Waals surface area contributed by atoms with Gasteiger partial charge < -0.3 is 9.73 Å². The summed E-state index contributed by atoms with van der Waals surface area (Å²) >= 11 is 0. The van der Waals surface area contributed by atoms with Gasteiger partial charge >= 0.3 is 0 Å². The number of carbonyl (C=O) groups is 1. The average Bonchev–Trinajstić information content (AvgIpc) is 3.27. The summed E-state index contributed by atoms with van der Waals surface area (Å²) in [5.41, 5.74) is 3.21. The molecule has 0 aromatic carbocycles. The molecule has 2 aromatic rings. The van der Waals surface area contributed by atoms with E-state index < -0.39 is 0 Å². The van der Waals surface area contributed by atoms with E-state index in [-0.39, 0.29) is 5.91 Å². The molecule has 0 radical (unpaired) electrons. The van der Waals surface area contributed by atoms with Crippen molar-refractivity contribution in [1.29, 1.82) is 0 Å². The number of nitrogens with zero attached hydrogens (tertiary/aromatic N) is 3. The minimum absolute atomic E-state index is 0.0325. The van der Waals surface area contributed by atoms with Gasteiger partial charge in [0.25, 0.3) is 0 Å². The Morgan fingerprint density at radius 3 is 2.92 bits per heavy atom. The molecular weight excluding hydrogens is 304 g/mol. The van der Waals surface area contributed by atoms with Gasteiger partial charge in [0.2, 0.25) is 5.91 Å². The number of furan rings is 1. The van der Waals surface area contributed by atoms with Crippen LogP contribution in [0.3, 0.4) is 0 Å². The number of amides is 1. The zero-order valence-electron chi connectivity index (χ0n) is 14.7. The third kappa shape index (κ3) is 3.87. The van der Waals surface area contributed by atoms with Crippen LogP contribution in [0.4, 0.5) is 0 Å². The summed E-state index contributed by atoms with van der Waals surface area (Å²) in [6.45, 7) is 9.95.